The van der Waals surface area contributed by atoms with Crippen LogP contribution < -0.4 is 0 Å². The Morgan fingerprint density at radius 1 is 0.632 bits per heavy atom. The number of benzene rings is 2. The van der Waals surface area contributed by atoms with Crippen molar-refractivity contribution in [1.29, 1.82) is 0 Å². The molecule has 6 heterocycles. The molecule has 0 spiro atoms. The maximum absolute atomic E-state index is 13.5. The van der Waals surface area contributed by atoms with Gasteiger partial charge in [-0.1, -0.05) is 22.2 Å². The minimum atomic E-state index is -3.65. The number of aromatic nitrogens is 10. The zero-order chi connectivity index (χ0) is 49.0. The number of halogens is 2. The number of piperidine rings is 2. The van der Waals surface area contributed by atoms with E-state index in [2.05, 4.69) is 40.6 Å². The molecule has 0 atom stereocenters. The van der Waals surface area contributed by atoms with Gasteiger partial charge in [-0.3, -0.25) is 0 Å². The molecule has 0 N–H and O–H groups in total. The van der Waals surface area contributed by atoms with Gasteiger partial charge in [-0.05, 0) is 134 Å². The molecule has 8 rings (SSSR count). The largest absolute Gasteiger partial charge is 0.444 e. The molecular weight excluding hydrogens is 919 g/mol. The summed E-state index contributed by atoms with van der Waals surface area (Å²) < 4.78 is 65.8. The Balaban J connectivity index is 0.000000202. The number of likely N-dealkylation sites (tertiary alicyclic amines) is 2. The monoisotopic (exact) mass is 972 g/mol. The van der Waals surface area contributed by atoms with Gasteiger partial charge in [0.05, 0.1) is 23.5 Å². The van der Waals surface area contributed by atoms with Crippen molar-refractivity contribution in [2.45, 2.75) is 101 Å². The first-order valence-electron chi connectivity index (χ1n) is 22.0. The van der Waals surface area contributed by atoms with E-state index in [9.17, 15) is 26.8 Å². The molecule has 68 heavy (non-hydrogen) atoms. The van der Waals surface area contributed by atoms with Gasteiger partial charge in [0.1, 0.15) is 45.6 Å². The van der Waals surface area contributed by atoms with Gasteiger partial charge in [0.25, 0.3) is 0 Å². The molecule has 360 valence electrons. The summed E-state index contributed by atoms with van der Waals surface area (Å²) in [6, 6.07) is 15.3. The predicted octanol–water partition coefficient (Wildman–Crippen LogP) is 8.35. The topological polar surface area (TPSA) is 206 Å². The van der Waals surface area contributed by atoms with Gasteiger partial charge < -0.3 is 19.3 Å². The fourth-order valence-electron chi connectivity index (χ4n) is 7.64. The molecule has 2 aromatic carbocycles. The van der Waals surface area contributed by atoms with Gasteiger partial charge in [-0.25, -0.2) is 56.1 Å². The SMILES string of the molecule is CC(C)(C)OC(=O)N1CCC(n2nnc(-c3ccc(F)cc3)c2-c2ccnc(S(C)(=O)=O)n2)CC1.CSc1nccc(-c2c(-c3ccc(F)cc3)nnn2C2CCN(C(=O)OC(C)(C)C)CC2)n1. The van der Waals surface area contributed by atoms with Crippen LogP contribution >= 0.6 is 11.8 Å². The highest BCUT2D eigenvalue weighted by atomic mass is 32.2. The summed E-state index contributed by atoms with van der Waals surface area (Å²) in [5.74, 6) is -0.701. The summed E-state index contributed by atoms with van der Waals surface area (Å²) in [6.07, 6.45) is 7.96. The van der Waals surface area contributed by atoms with E-state index in [0.717, 1.165) is 17.5 Å². The van der Waals surface area contributed by atoms with E-state index < -0.39 is 26.9 Å². The molecule has 2 amide bonds. The fraction of sp³-hybridized carbons (Fsp3) is 0.435. The Morgan fingerprint density at radius 2 is 1.03 bits per heavy atom. The number of thioether (sulfide) groups is 1. The van der Waals surface area contributed by atoms with Crippen molar-refractivity contribution in [2.24, 2.45) is 0 Å². The molecule has 4 aromatic heterocycles. The number of hydrogen-bond donors (Lipinski definition) is 0. The summed E-state index contributed by atoms with van der Waals surface area (Å²) in [6.45, 7) is 13.1. The minimum Gasteiger partial charge on any atom is -0.444 e. The highest BCUT2D eigenvalue weighted by Crippen LogP contribution is 2.37. The van der Waals surface area contributed by atoms with Gasteiger partial charge >= 0.3 is 12.2 Å². The predicted molar refractivity (Wildman–Crippen MR) is 250 cm³/mol. The lowest BCUT2D eigenvalue weighted by Crippen LogP contribution is -2.42. The summed E-state index contributed by atoms with van der Waals surface area (Å²) >= 11 is 1.45. The number of nitrogens with zero attached hydrogens (tertiary/aromatic N) is 12. The van der Waals surface area contributed by atoms with Crippen LogP contribution in [0.3, 0.4) is 0 Å². The summed E-state index contributed by atoms with van der Waals surface area (Å²) in [7, 11) is -3.65. The number of sulfone groups is 1. The summed E-state index contributed by atoms with van der Waals surface area (Å²) in [5, 5.41) is 17.9. The lowest BCUT2D eigenvalue weighted by atomic mass is 10.0. The van der Waals surface area contributed by atoms with E-state index >= 15 is 0 Å². The molecule has 18 nitrogen and oxygen atoms in total. The van der Waals surface area contributed by atoms with Crippen LogP contribution in [0, 0.1) is 11.6 Å². The van der Waals surface area contributed by atoms with Crippen molar-refractivity contribution in [1.82, 2.24) is 59.7 Å². The van der Waals surface area contributed by atoms with Crippen LogP contribution in [0.1, 0.15) is 79.3 Å². The molecule has 2 aliphatic rings. The molecule has 0 bridgehead atoms. The average molecular weight is 973 g/mol. The Hall–Kier alpha value is -6.42. The first-order chi connectivity index (χ1) is 32.2. The second-order valence-corrected chi connectivity index (χ2v) is 21.0. The number of hydrogen-bond acceptors (Lipinski definition) is 15. The molecule has 2 saturated heterocycles. The zero-order valence-corrected chi connectivity index (χ0v) is 40.8. The van der Waals surface area contributed by atoms with Crippen molar-refractivity contribution in [3.63, 3.8) is 0 Å². The molecule has 2 aliphatic heterocycles. The van der Waals surface area contributed by atoms with E-state index in [-0.39, 0.29) is 35.2 Å². The zero-order valence-electron chi connectivity index (χ0n) is 39.1. The van der Waals surface area contributed by atoms with Gasteiger partial charge in [-0.2, -0.15) is 0 Å². The first-order valence-corrected chi connectivity index (χ1v) is 25.1. The number of carbonyl (C=O) groups excluding carboxylic acids is 2. The van der Waals surface area contributed by atoms with E-state index in [1.54, 1.807) is 51.0 Å². The third-order valence-electron chi connectivity index (χ3n) is 10.8. The minimum absolute atomic E-state index is 0.0353. The van der Waals surface area contributed by atoms with Crippen LogP contribution in [0.4, 0.5) is 18.4 Å². The molecule has 0 radical (unpaired) electrons. The Labute approximate surface area is 397 Å². The van der Waals surface area contributed by atoms with E-state index in [1.807, 2.05) is 58.5 Å². The lowest BCUT2D eigenvalue weighted by molar-refractivity contribution is 0.0174. The molecule has 0 unspecified atom stereocenters. The van der Waals surface area contributed by atoms with Crippen molar-refractivity contribution >= 4 is 33.8 Å². The van der Waals surface area contributed by atoms with Gasteiger partial charge in [0.15, 0.2) is 5.16 Å². The standard InChI is InChI=1S/C23H27FN6O4S.C23H27FN6O2S/c1-23(2,3)34-22(31)29-13-10-17(11-14-29)30-20(18-9-12-25-21(26-18)35(4,32)33)19(27-28-30)15-5-7-16(24)8-6-15;1-23(2,3)32-22(31)29-13-10-17(11-14-29)30-20(18-9-12-25-21(26-18)33-4)19(27-28-30)15-5-7-16(24)8-6-15/h5-9,12,17H,10-11,13-14H2,1-4H3;5-9,12,17H,10-11,13-14H2,1-4H3. The van der Waals surface area contributed by atoms with E-state index in [1.165, 1.54) is 42.2 Å². The highest BCUT2D eigenvalue weighted by molar-refractivity contribution is 7.98. The van der Waals surface area contributed by atoms with Gasteiger partial charge in [0.2, 0.25) is 15.0 Å². The molecule has 22 heteroatoms. The summed E-state index contributed by atoms with van der Waals surface area (Å²) in [5.41, 5.74) is 3.63. The van der Waals surface area contributed by atoms with Crippen molar-refractivity contribution in [3.05, 3.63) is 84.7 Å². The summed E-state index contributed by atoms with van der Waals surface area (Å²) in [4.78, 5) is 45.4. The number of ether oxygens (including phenoxy) is 2. The molecule has 0 aliphatic carbocycles. The number of rotatable bonds is 8. The van der Waals surface area contributed by atoms with E-state index in [0.29, 0.717) is 91.1 Å². The van der Waals surface area contributed by atoms with Crippen LogP contribution in [0.5, 0.6) is 0 Å². The van der Waals surface area contributed by atoms with Crippen molar-refractivity contribution in [3.8, 4) is 45.3 Å². The Morgan fingerprint density at radius 3 is 1.41 bits per heavy atom. The lowest BCUT2D eigenvalue weighted by Gasteiger charge is -2.33. The quantitative estimate of drug-likeness (QED) is 0.104. The fourth-order valence-corrected chi connectivity index (χ4v) is 8.51. The van der Waals surface area contributed by atoms with E-state index in [4.69, 9.17) is 9.47 Å². The van der Waals surface area contributed by atoms with Crippen LogP contribution in [0.25, 0.3) is 45.3 Å². The molecule has 6 aromatic rings. The van der Waals surface area contributed by atoms with Crippen molar-refractivity contribution < 1.29 is 36.3 Å². The normalized spacial score (nSPS) is 15.1. The second kappa shape index (κ2) is 20.4. The van der Waals surface area contributed by atoms with Crippen LogP contribution in [-0.4, -0.2) is 130 Å². The van der Waals surface area contributed by atoms with Crippen molar-refractivity contribution in [2.75, 3.05) is 38.7 Å². The van der Waals surface area contributed by atoms with Crippen LogP contribution in [0.15, 0.2) is 83.4 Å². The van der Waals surface area contributed by atoms with Gasteiger partial charge in [-0.15, -0.1) is 10.2 Å². The first kappa shape index (κ1) is 49.5. The van der Waals surface area contributed by atoms with Crippen LogP contribution in [-0.2, 0) is 19.3 Å². The number of carbonyl (C=O) groups is 2. The third kappa shape index (κ3) is 12.2. The number of amides is 2. The smallest absolute Gasteiger partial charge is 0.410 e. The maximum atomic E-state index is 13.5. The Bertz CT molecular complexity index is 2830. The average Bonchev–Trinajstić information content (AvgIpc) is 3.95. The maximum Gasteiger partial charge on any atom is 0.410 e. The molecule has 0 saturated carbocycles. The highest BCUT2D eigenvalue weighted by Gasteiger charge is 2.33. The third-order valence-corrected chi connectivity index (χ3v) is 12.2. The second-order valence-electron chi connectivity index (χ2n) is 18.3. The van der Waals surface area contributed by atoms with Crippen LogP contribution in [0.2, 0.25) is 0 Å². The Kier molecular flexibility index (Phi) is 14.9. The van der Waals surface area contributed by atoms with Gasteiger partial charge in [0, 0.05) is 56.0 Å². The molecule has 2 fully saturated rings. The molecular formula is C46H54F2N12O6S2.